The van der Waals surface area contributed by atoms with Gasteiger partial charge in [-0.15, -0.1) is 0 Å². The minimum atomic E-state index is -0.0595. The third kappa shape index (κ3) is 6.42. The van der Waals surface area contributed by atoms with Gasteiger partial charge >= 0.3 is 0 Å². The zero-order valence-corrected chi connectivity index (χ0v) is 13.0. The van der Waals surface area contributed by atoms with Crippen molar-refractivity contribution in [3.63, 3.8) is 0 Å². The van der Waals surface area contributed by atoms with Gasteiger partial charge in [0.15, 0.2) is 0 Å². The monoisotopic (exact) mass is 268 g/mol. The van der Waals surface area contributed by atoms with Crippen molar-refractivity contribution in [2.24, 2.45) is 11.8 Å². The predicted molar refractivity (Wildman–Crippen MR) is 81.1 cm³/mol. The van der Waals surface area contributed by atoms with E-state index in [1.165, 1.54) is 38.5 Å². The number of nitrogens with one attached hydrogen (secondary N) is 2. The third-order valence-electron chi connectivity index (χ3n) is 4.45. The third-order valence-corrected chi connectivity index (χ3v) is 4.45. The van der Waals surface area contributed by atoms with E-state index in [1.54, 1.807) is 0 Å². The summed E-state index contributed by atoms with van der Waals surface area (Å²) in [5.41, 5.74) is 0. The molecule has 0 aromatic carbocycles. The van der Waals surface area contributed by atoms with Crippen LogP contribution in [0, 0.1) is 11.8 Å². The maximum atomic E-state index is 11.9. The molecule has 3 nitrogen and oxygen atoms in total. The van der Waals surface area contributed by atoms with Crippen molar-refractivity contribution < 1.29 is 4.79 Å². The molecule has 0 aromatic heterocycles. The predicted octanol–water partition coefficient (Wildman–Crippen LogP) is 3.10. The van der Waals surface area contributed by atoms with E-state index >= 15 is 0 Å². The van der Waals surface area contributed by atoms with E-state index in [1.807, 2.05) is 6.92 Å². The maximum absolute atomic E-state index is 11.9. The van der Waals surface area contributed by atoms with Crippen molar-refractivity contribution in [3.8, 4) is 0 Å². The Morgan fingerprint density at radius 1 is 1.26 bits per heavy atom. The van der Waals surface area contributed by atoms with Crippen molar-refractivity contribution >= 4 is 5.91 Å². The highest BCUT2D eigenvalue weighted by Crippen LogP contribution is 2.28. The smallest absolute Gasteiger partial charge is 0.236 e. The lowest BCUT2D eigenvalue weighted by Gasteiger charge is -2.29. The minimum absolute atomic E-state index is 0.0595. The van der Waals surface area contributed by atoms with E-state index in [4.69, 9.17) is 0 Å². The molecule has 0 aromatic rings. The molecule has 3 heteroatoms. The molecule has 1 rings (SSSR count). The van der Waals surface area contributed by atoms with Gasteiger partial charge in [-0.1, -0.05) is 46.0 Å². The summed E-state index contributed by atoms with van der Waals surface area (Å²) in [5.74, 6) is 1.71. The van der Waals surface area contributed by atoms with Crippen molar-refractivity contribution in [1.29, 1.82) is 0 Å². The minimum Gasteiger partial charge on any atom is -0.355 e. The van der Waals surface area contributed by atoms with Crippen LogP contribution in [0.4, 0.5) is 0 Å². The molecule has 1 aliphatic rings. The highest BCUT2D eigenvalue weighted by atomic mass is 16.2. The van der Waals surface area contributed by atoms with Gasteiger partial charge in [0.25, 0.3) is 0 Å². The normalized spacial score (nSPS) is 25.0. The molecule has 0 saturated heterocycles. The van der Waals surface area contributed by atoms with Crippen LogP contribution in [-0.2, 0) is 4.79 Å². The first-order chi connectivity index (χ1) is 9.15. The Morgan fingerprint density at radius 2 is 2.00 bits per heavy atom. The second-order valence-corrected chi connectivity index (χ2v) is 6.15. The summed E-state index contributed by atoms with van der Waals surface area (Å²) < 4.78 is 0. The summed E-state index contributed by atoms with van der Waals surface area (Å²) >= 11 is 0. The SMILES string of the molecule is CCCCCNC(=O)C(C)NCC1CCCCC1C. The zero-order valence-electron chi connectivity index (χ0n) is 13.0. The molecule has 0 spiro atoms. The summed E-state index contributed by atoms with van der Waals surface area (Å²) in [5, 5.41) is 6.43. The standard InChI is InChI=1S/C16H32N2O/c1-4-5-8-11-17-16(19)14(3)18-12-15-10-7-6-9-13(15)2/h13-15,18H,4-12H2,1-3H3,(H,17,19). The van der Waals surface area contributed by atoms with E-state index in [2.05, 4.69) is 24.5 Å². The molecule has 112 valence electrons. The lowest BCUT2D eigenvalue weighted by molar-refractivity contribution is -0.122. The molecule has 1 aliphatic carbocycles. The van der Waals surface area contributed by atoms with Gasteiger partial charge in [-0.05, 0) is 38.1 Å². The molecular weight excluding hydrogens is 236 g/mol. The van der Waals surface area contributed by atoms with Crippen LogP contribution in [0.1, 0.15) is 65.7 Å². The van der Waals surface area contributed by atoms with E-state index in [0.29, 0.717) is 0 Å². The molecule has 2 N–H and O–H groups in total. The van der Waals surface area contributed by atoms with Crippen LogP contribution < -0.4 is 10.6 Å². The molecule has 3 atom stereocenters. The Morgan fingerprint density at radius 3 is 2.68 bits per heavy atom. The number of hydrogen-bond donors (Lipinski definition) is 2. The number of carbonyl (C=O) groups is 1. The molecule has 1 saturated carbocycles. The van der Waals surface area contributed by atoms with Crippen LogP contribution >= 0.6 is 0 Å². The van der Waals surface area contributed by atoms with Gasteiger partial charge in [0.2, 0.25) is 5.91 Å². The van der Waals surface area contributed by atoms with Crippen LogP contribution in [0.5, 0.6) is 0 Å². The molecule has 0 heterocycles. The molecule has 0 radical (unpaired) electrons. The second kappa shape index (κ2) is 9.35. The second-order valence-electron chi connectivity index (χ2n) is 6.15. The van der Waals surface area contributed by atoms with Gasteiger partial charge in [-0.3, -0.25) is 4.79 Å². The highest BCUT2D eigenvalue weighted by Gasteiger charge is 2.22. The van der Waals surface area contributed by atoms with Crippen LogP contribution in [0.25, 0.3) is 0 Å². The first kappa shape index (κ1) is 16.5. The van der Waals surface area contributed by atoms with E-state index in [-0.39, 0.29) is 11.9 Å². The fourth-order valence-electron chi connectivity index (χ4n) is 2.86. The quantitative estimate of drug-likeness (QED) is 0.664. The molecule has 1 amide bonds. The largest absolute Gasteiger partial charge is 0.355 e. The van der Waals surface area contributed by atoms with Gasteiger partial charge in [0.05, 0.1) is 6.04 Å². The van der Waals surface area contributed by atoms with Crippen LogP contribution in [0.3, 0.4) is 0 Å². The van der Waals surface area contributed by atoms with E-state index in [0.717, 1.165) is 31.3 Å². The summed E-state index contributed by atoms with van der Waals surface area (Å²) in [4.78, 5) is 11.9. The summed E-state index contributed by atoms with van der Waals surface area (Å²) in [6.45, 7) is 8.31. The number of amides is 1. The highest BCUT2D eigenvalue weighted by molar-refractivity contribution is 5.81. The summed E-state index contributed by atoms with van der Waals surface area (Å²) in [6, 6.07) is -0.0595. The first-order valence-corrected chi connectivity index (χ1v) is 8.16. The van der Waals surface area contributed by atoms with Gasteiger partial charge < -0.3 is 10.6 Å². The Bertz CT molecular complexity index is 255. The topological polar surface area (TPSA) is 41.1 Å². The van der Waals surface area contributed by atoms with Gasteiger partial charge in [-0.2, -0.15) is 0 Å². The number of unbranched alkanes of at least 4 members (excludes halogenated alkanes) is 2. The molecular formula is C16H32N2O. The van der Waals surface area contributed by atoms with Gasteiger partial charge in [-0.25, -0.2) is 0 Å². The van der Waals surface area contributed by atoms with Crippen LogP contribution in [0.2, 0.25) is 0 Å². The molecule has 1 fully saturated rings. The number of hydrogen-bond acceptors (Lipinski definition) is 2. The average Bonchev–Trinajstić information content (AvgIpc) is 2.42. The van der Waals surface area contributed by atoms with E-state index in [9.17, 15) is 4.79 Å². The van der Waals surface area contributed by atoms with Gasteiger partial charge in [0.1, 0.15) is 0 Å². The first-order valence-electron chi connectivity index (χ1n) is 8.16. The zero-order chi connectivity index (χ0) is 14.1. The molecule has 0 aliphatic heterocycles. The fraction of sp³-hybridized carbons (Fsp3) is 0.938. The van der Waals surface area contributed by atoms with Crippen molar-refractivity contribution in [2.45, 2.75) is 71.8 Å². The lowest BCUT2D eigenvalue weighted by atomic mass is 9.80. The van der Waals surface area contributed by atoms with E-state index < -0.39 is 0 Å². The summed E-state index contributed by atoms with van der Waals surface area (Å²) in [7, 11) is 0. The average molecular weight is 268 g/mol. The number of rotatable bonds is 8. The Kier molecular flexibility index (Phi) is 8.11. The molecule has 0 bridgehead atoms. The fourth-order valence-corrected chi connectivity index (χ4v) is 2.86. The number of carbonyl (C=O) groups excluding carboxylic acids is 1. The Balaban J connectivity index is 2.15. The molecule has 19 heavy (non-hydrogen) atoms. The van der Waals surface area contributed by atoms with Crippen LogP contribution in [-0.4, -0.2) is 25.0 Å². The molecule has 3 unspecified atom stereocenters. The Hall–Kier alpha value is -0.570. The summed E-state index contributed by atoms with van der Waals surface area (Å²) in [6.07, 6.45) is 8.89. The lowest BCUT2D eigenvalue weighted by Crippen LogP contribution is -2.45. The Labute approximate surface area is 118 Å². The maximum Gasteiger partial charge on any atom is 0.236 e. The van der Waals surface area contributed by atoms with Crippen molar-refractivity contribution in [3.05, 3.63) is 0 Å². The van der Waals surface area contributed by atoms with Crippen LogP contribution in [0.15, 0.2) is 0 Å². The van der Waals surface area contributed by atoms with Crippen molar-refractivity contribution in [1.82, 2.24) is 10.6 Å². The van der Waals surface area contributed by atoms with Crippen molar-refractivity contribution in [2.75, 3.05) is 13.1 Å². The van der Waals surface area contributed by atoms with Gasteiger partial charge in [0, 0.05) is 6.54 Å².